The molecule has 0 atom stereocenters. The molecule has 4 rings (SSSR count). The average molecular weight is 421 g/mol. The molecule has 28 heavy (non-hydrogen) atoms. The minimum atomic E-state index is 0.758. The van der Waals surface area contributed by atoms with Crippen LogP contribution in [0.4, 0.5) is 17.1 Å². The number of hydrogen-bond donors (Lipinski definition) is 1. The van der Waals surface area contributed by atoms with Crippen LogP contribution in [0.15, 0.2) is 105 Å². The van der Waals surface area contributed by atoms with Gasteiger partial charge in [-0.25, -0.2) is 0 Å². The Morgan fingerprint density at radius 3 is 2.25 bits per heavy atom. The summed E-state index contributed by atoms with van der Waals surface area (Å²) in [5.41, 5.74) is 3.05. The SMILES string of the molecule is Clc1ccc(Sc2ccc(C=Nc3ccc(Nc4ccccc4)cc3)s2)cc1. The standard InChI is InChI=1S/C23H17ClN2S2/c24-17-6-12-21(13-7-17)27-23-15-14-22(28-23)16-25-18-8-10-20(11-9-18)26-19-4-2-1-3-5-19/h1-16,26H. The lowest BCUT2D eigenvalue weighted by Crippen LogP contribution is -1.88. The van der Waals surface area contributed by atoms with Gasteiger partial charge in [0.15, 0.2) is 0 Å². The molecule has 0 fully saturated rings. The quantitative estimate of drug-likeness (QED) is 0.319. The molecule has 0 spiro atoms. The van der Waals surface area contributed by atoms with Crippen molar-refractivity contribution in [1.82, 2.24) is 0 Å². The molecule has 1 aromatic heterocycles. The third-order valence-corrected chi connectivity index (χ3v) is 6.32. The number of anilines is 2. The third kappa shape index (κ3) is 5.26. The molecule has 0 bridgehead atoms. The molecule has 1 heterocycles. The van der Waals surface area contributed by atoms with E-state index in [2.05, 4.69) is 22.4 Å². The summed E-state index contributed by atoms with van der Waals surface area (Å²) >= 11 is 9.40. The zero-order valence-electron chi connectivity index (χ0n) is 14.9. The van der Waals surface area contributed by atoms with Crippen LogP contribution in [-0.4, -0.2) is 6.21 Å². The largest absolute Gasteiger partial charge is 0.356 e. The molecule has 138 valence electrons. The fourth-order valence-corrected chi connectivity index (χ4v) is 4.65. The zero-order valence-corrected chi connectivity index (χ0v) is 17.3. The Bertz CT molecular complexity index is 1060. The first-order chi connectivity index (χ1) is 13.7. The van der Waals surface area contributed by atoms with Crippen molar-refractivity contribution in [2.45, 2.75) is 9.10 Å². The molecule has 0 saturated heterocycles. The summed E-state index contributed by atoms with van der Waals surface area (Å²) in [6, 6.07) is 30.3. The van der Waals surface area contributed by atoms with Crippen molar-refractivity contribution in [2.75, 3.05) is 5.32 Å². The van der Waals surface area contributed by atoms with Crippen molar-refractivity contribution in [2.24, 2.45) is 4.99 Å². The van der Waals surface area contributed by atoms with E-state index in [1.165, 1.54) is 9.10 Å². The second-order valence-corrected chi connectivity index (χ2v) is 8.93. The minimum Gasteiger partial charge on any atom is -0.356 e. The average Bonchev–Trinajstić information content (AvgIpc) is 3.17. The molecule has 0 aliphatic rings. The van der Waals surface area contributed by atoms with E-state index >= 15 is 0 Å². The number of nitrogens with zero attached hydrogens (tertiary/aromatic N) is 1. The number of hydrogen-bond acceptors (Lipinski definition) is 4. The van der Waals surface area contributed by atoms with E-state index in [0.29, 0.717) is 0 Å². The topological polar surface area (TPSA) is 24.4 Å². The van der Waals surface area contributed by atoms with Gasteiger partial charge in [0.1, 0.15) is 0 Å². The van der Waals surface area contributed by atoms with Crippen molar-refractivity contribution in [3.8, 4) is 0 Å². The molecule has 1 N–H and O–H groups in total. The first-order valence-corrected chi connectivity index (χ1v) is 10.8. The van der Waals surface area contributed by atoms with Gasteiger partial charge in [-0.3, -0.25) is 4.99 Å². The van der Waals surface area contributed by atoms with Crippen molar-refractivity contribution in [3.05, 3.63) is 101 Å². The van der Waals surface area contributed by atoms with Gasteiger partial charge in [0.05, 0.1) is 9.90 Å². The lowest BCUT2D eigenvalue weighted by Gasteiger charge is -2.05. The summed E-state index contributed by atoms with van der Waals surface area (Å²) in [4.78, 5) is 6.89. The van der Waals surface area contributed by atoms with Crippen molar-refractivity contribution in [1.29, 1.82) is 0 Å². The number of nitrogens with one attached hydrogen (secondary N) is 1. The fraction of sp³-hybridized carbons (Fsp3) is 0. The van der Waals surface area contributed by atoms with Gasteiger partial charge in [-0.15, -0.1) is 11.3 Å². The summed E-state index contributed by atoms with van der Waals surface area (Å²) in [5.74, 6) is 0. The number of halogens is 1. The Hall–Kier alpha value is -2.53. The van der Waals surface area contributed by atoms with Crippen LogP contribution in [0.25, 0.3) is 0 Å². The third-order valence-electron chi connectivity index (χ3n) is 3.90. The van der Waals surface area contributed by atoms with Crippen molar-refractivity contribution in [3.63, 3.8) is 0 Å². The molecule has 0 saturated carbocycles. The number of aliphatic imine (C=N–C) groups is 1. The number of benzene rings is 3. The maximum Gasteiger partial charge on any atom is 0.0653 e. The van der Waals surface area contributed by atoms with Crippen LogP contribution >= 0.6 is 34.7 Å². The van der Waals surface area contributed by atoms with E-state index in [-0.39, 0.29) is 0 Å². The molecule has 0 aliphatic carbocycles. The van der Waals surface area contributed by atoms with Crippen LogP contribution in [-0.2, 0) is 0 Å². The van der Waals surface area contributed by atoms with Crippen LogP contribution in [0, 0.1) is 0 Å². The maximum absolute atomic E-state index is 5.94. The molecular weight excluding hydrogens is 404 g/mol. The van der Waals surface area contributed by atoms with E-state index in [9.17, 15) is 0 Å². The van der Waals surface area contributed by atoms with Gasteiger partial charge in [0, 0.05) is 32.4 Å². The summed E-state index contributed by atoms with van der Waals surface area (Å²) in [5, 5.41) is 4.13. The van der Waals surface area contributed by atoms with Gasteiger partial charge in [-0.1, -0.05) is 41.6 Å². The van der Waals surface area contributed by atoms with Crippen LogP contribution < -0.4 is 5.32 Å². The Balaban J connectivity index is 1.37. The molecule has 0 unspecified atom stereocenters. The monoisotopic (exact) mass is 420 g/mol. The Kier molecular flexibility index (Phi) is 6.12. The highest BCUT2D eigenvalue weighted by Gasteiger charge is 2.02. The Morgan fingerprint density at radius 2 is 1.50 bits per heavy atom. The second-order valence-electron chi connectivity index (χ2n) is 6.01. The second kappa shape index (κ2) is 9.11. The number of thiophene rings is 1. The highest BCUT2D eigenvalue weighted by Crippen LogP contribution is 2.33. The van der Waals surface area contributed by atoms with Crippen LogP contribution in [0.3, 0.4) is 0 Å². The molecule has 3 aromatic carbocycles. The van der Waals surface area contributed by atoms with Crippen LogP contribution in [0.5, 0.6) is 0 Å². The minimum absolute atomic E-state index is 0.758. The molecule has 0 radical (unpaired) electrons. The van der Waals surface area contributed by atoms with E-state index in [0.717, 1.165) is 27.0 Å². The first-order valence-electron chi connectivity index (χ1n) is 8.74. The Morgan fingerprint density at radius 1 is 0.786 bits per heavy atom. The van der Waals surface area contributed by atoms with E-state index < -0.39 is 0 Å². The molecule has 0 amide bonds. The Labute approximate surface area is 177 Å². The van der Waals surface area contributed by atoms with E-state index in [1.54, 1.807) is 23.1 Å². The van der Waals surface area contributed by atoms with Crippen LogP contribution in [0.1, 0.15) is 4.88 Å². The molecule has 2 nitrogen and oxygen atoms in total. The first kappa shape index (κ1) is 18.8. The summed E-state index contributed by atoms with van der Waals surface area (Å²) in [6.45, 7) is 0. The molecular formula is C23H17ClN2S2. The predicted octanol–water partition coefficient (Wildman–Crippen LogP) is 8.05. The van der Waals surface area contributed by atoms with Crippen molar-refractivity contribution < 1.29 is 0 Å². The number of para-hydroxylation sites is 1. The van der Waals surface area contributed by atoms with Gasteiger partial charge in [0.25, 0.3) is 0 Å². The van der Waals surface area contributed by atoms with E-state index in [1.807, 2.05) is 85.1 Å². The summed E-state index contributed by atoms with van der Waals surface area (Å²) in [6.07, 6.45) is 1.91. The van der Waals surface area contributed by atoms with E-state index in [4.69, 9.17) is 11.6 Å². The molecule has 0 aliphatic heterocycles. The normalized spacial score (nSPS) is 11.0. The van der Waals surface area contributed by atoms with Gasteiger partial charge in [0.2, 0.25) is 0 Å². The maximum atomic E-state index is 5.94. The van der Waals surface area contributed by atoms with Gasteiger partial charge in [-0.05, 0) is 72.8 Å². The fourth-order valence-electron chi connectivity index (χ4n) is 2.53. The highest BCUT2D eigenvalue weighted by atomic mass is 35.5. The van der Waals surface area contributed by atoms with Gasteiger partial charge in [-0.2, -0.15) is 0 Å². The van der Waals surface area contributed by atoms with Gasteiger partial charge >= 0.3 is 0 Å². The molecule has 5 heteroatoms. The van der Waals surface area contributed by atoms with Crippen LogP contribution in [0.2, 0.25) is 5.02 Å². The van der Waals surface area contributed by atoms with Gasteiger partial charge < -0.3 is 5.32 Å². The lowest BCUT2D eigenvalue weighted by atomic mass is 10.2. The lowest BCUT2D eigenvalue weighted by molar-refractivity contribution is 1.46. The highest BCUT2D eigenvalue weighted by molar-refractivity contribution is 8.01. The summed E-state index contributed by atoms with van der Waals surface area (Å²) < 4.78 is 1.23. The smallest absolute Gasteiger partial charge is 0.0653 e. The predicted molar refractivity (Wildman–Crippen MR) is 123 cm³/mol. The zero-order chi connectivity index (χ0) is 19.2. The number of rotatable bonds is 6. The summed E-state index contributed by atoms with van der Waals surface area (Å²) in [7, 11) is 0. The molecule has 4 aromatic rings. The van der Waals surface area contributed by atoms with Crippen molar-refractivity contribution >= 4 is 58.0 Å².